The van der Waals surface area contributed by atoms with Crippen molar-refractivity contribution in [1.82, 2.24) is 29.8 Å². The third-order valence-corrected chi connectivity index (χ3v) is 4.04. The molecule has 0 bridgehead atoms. The van der Waals surface area contributed by atoms with Crippen molar-refractivity contribution in [3.05, 3.63) is 59.8 Å². The van der Waals surface area contributed by atoms with Crippen LogP contribution in [0.5, 0.6) is 0 Å². The molecule has 4 aromatic rings. The molecule has 3 aromatic heterocycles. The molecule has 0 fully saturated rings. The van der Waals surface area contributed by atoms with E-state index in [1.54, 1.807) is 23.1 Å². The summed E-state index contributed by atoms with van der Waals surface area (Å²) in [4.78, 5) is 8.77. The van der Waals surface area contributed by atoms with Crippen molar-refractivity contribution >= 4 is 16.3 Å². The maximum absolute atomic E-state index is 13.3. The Bertz CT molecular complexity index is 961. The molecular formula is C14H8F2N6S. The zero-order valence-corrected chi connectivity index (χ0v) is 12.3. The summed E-state index contributed by atoms with van der Waals surface area (Å²) >= 11 is 1.32. The van der Waals surface area contributed by atoms with E-state index in [-0.39, 0.29) is 6.42 Å². The first kappa shape index (κ1) is 13.8. The molecule has 6 nitrogen and oxygen atoms in total. The monoisotopic (exact) mass is 330 g/mol. The number of hydrogen-bond acceptors (Lipinski definition) is 6. The smallest absolute Gasteiger partial charge is 0.235 e. The number of fused-ring (bicyclic) bond motifs is 1. The van der Waals surface area contributed by atoms with E-state index >= 15 is 0 Å². The standard InChI is InChI=1S/C14H8F2N6S/c15-9-3-8(4-10(16)6-9)5-12-19-20-14-22(12)21-13(23-14)11-7-17-1-2-18-11/h1-4,6-7H,5H2. The Morgan fingerprint density at radius 1 is 1.04 bits per heavy atom. The summed E-state index contributed by atoms with van der Waals surface area (Å²) in [6, 6.07) is 3.36. The molecule has 1 aromatic carbocycles. The molecule has 0 aliphatic rings. The third kappa shape index (κ3) is 2.66. The van der Waals surface area contributed by atoms with Gasteiger partial charge in [0, 0.05) is 24.9 Å². The lowest BCUT2D eigenvalue weighted by molar-refractivity contribution is 0.580. The number of rotatable bonds is 3. The lowest BCUT2D eigenvalue weighted by Crippen LogP contribution is -1.99. The van der Waals surface area contributed by atoms with E-state index in [1.807, 2.05) is 0 Å². The molecule has 0 aliphatic carbocycles. The van der Waals surface area contributed by atoms with Crippen LogP contribution in [0.4, 0.5) is 8.78 Å². The van der Waals surface area contributed by atoms with Crippen molar-refractivity contribution in [2.45, 2.75) is 6.42 Å². The van der Waals surface area contributed by atoms with Crippen LogP contribution in [0.1, 0.15) is 11.4 Å². The fourth-order valence-electron chi connectivity index (χ4n) is 2.18. The van der Waals surface area contributed by atoms with Gasteiger partial charge in [0.25, 0.3) is 0 Å². The van der Waals surface area contributed by atoms with E-state index < -0.39 is 11.6 Å². The van der Waals surface area contributed by atoms with E-state index in [4.69, 9.17) is 0 Å². The van der Waals surface area contributed by atoms with Gasteiger partial charge >= 0.3 is 0 Å². The lowest BCUT2D eigenvalue weighted by Gasteiger charge is -1.99. The fourth-order valence-corrected chi connectivity index (χ4v) is 3.00. The van der Waals surface area contributed by atoms with Crippen LogP contribution in [0.15, 0.2) is 36.8 Å². The van der Waals surface area contributed by atoms with Crippen LogP contribution in [0.3, 0.4) is 0 Å². The molecule has 0 atom stereocenters. The first-order valence-corrected chi connectivity index (χ1v) is 7.43. The Balaban J connectivity index is 1.72. The van der Waals surface area contributed by atoms with Gasteiger partial charge in [0.15, 0.2) is 10.8 Å². The van der Waals surface area contributed by atoms with Gasteiger partial charge in [0.2, 0.25) is 4.96 Å². The minimum Gasteiger partial charge on any atom is -0.261 e. The van der Waals surface area contributed by atoms with Gasteiger partial charge in [-0.05, 0) is 17.7 Å². The van der Waals surface area contributed by atoms with Crippen molar-refractivity contribution in [2.24, 2.45) is 0 Å². The molecule has 0 aliphatic heterocycles. The van der Waals surface area contributed by atoms with Crippen molar-refractivity contribution in [2.75, 3.05) is 0 Å². The normalized spacial score (nSPS) is 11.2. The second-order valence-corrected chi connectivity index (χ2v) is 5.72. The molecule has 0 radical (unpaired) electrons. The van der Waals surface area contributed by atoms with Crippen LogP contribution in [0.25, 0.3) is 15.7 Å². The number of aromatic nitrogens is 6. The lowest BCUT2D eigenvalue weighted by atomic mass is 10.1. The minimum absolute atomic E-state index is 0.222. The molecule has 3 heterocycles. The van der Waals surface area contributed by atoms with Crippen LogP contribution in [-0.4, -0.2) is 29.8 Å². The molecule has 0 N–H and O–H groups in total. The number of benzene rings is 1. The first-order chi connectivity index (χ1) is 11.2. The highest BCUT2D eigenvalue weighted by Crippen LogP contribution is 2.23. The van der Waals surface area contributed by atoms with E-state index in [2.05, 4.69) is 25.3 Å². The highest BCUT2D eigenvalue weighted by molar-refractivity contribution is 7.19. The maximum atomic E-state index is 13.3. The Kier molecular flexibility index (Phi) is 3.27. The van der Waals surface area contributed by atoms with Gasteiger partial charge in [0.05, 0.1) is 6.20 Å². The highest BCUT2D eigenvalue weighted by Gasteiger charge is 2.14. The van der Waals surface area contributed by atoms with Crippen molar-refractivity contribution in [3.63, 3.8) is 0 Å². The molecule has 0 spiro atoms. The summed E-state index contributed by atoms with van der Waals surface area (Å²) in [6.45, 7) is 0. The quantitative estimate of drug-likeness (QED) is 0.577. The summed E-state index contributed by atoms with van der Waals surface area (Å²) in [5.41, 5.74) is 1.09. The summed E-state index contributed by atoms with van der Waals surface area (Å²) in [7, 11) is 0. The van der Waals surface area contributed by atoms with Crippen molar-refractivity contribution in [1.29, 1.82) is 0 Å². The molecule has 0 unspecified atom stereocenters. The first-order valence-electron chi connectivity index (χ1n) is 6.61. The second kappa shape index (κ2) is 5.43. The van der Waals surface area contributed by atoms with Gasteiger partial charge < -0.3 is 0 Å². The van der Waals surface area contributed by atoms with E-state index in [1.165, 1.54) is 23.5 Å². The molecule has 114 valence electrons. The van der Waals surface area contributed by atoms with Crippen molar-refractivity contribution in [3.8, 4) is 10.7 Å². The Morgan fingerprint density at radius 3 is 2.61 bits per heavy atom. The predicted molar refractivity (Wildman–Crippen MR) is 78.8 cm³/mol. The second-order valence-electron chi connectivity index (χ2n) is 4.76. The summed E-state index contributed by atoms with van der Waals surface area (Å²) in [6.07, 6.45) is 4.98. The average molecular weight is 330 g/mol. The summed E-state index contributed by atoms with van der Waals surface area (Å²) in [5.74, 6) is -0.755. The SMILES string of the molecule is Fc1cc(F)cc(Cc2nnc3sc(-c4cnccn4)nn23)c1. The van der Waals surface area contributed by atoms with Crippen LogP contribution in [0, 0.1) is 11.6 Å². The van der Waals surface area contributed by atoms with Gasteiger partial charge in [-0.15, -0.1) is 10.2 Å². The number of hydrogen-bond donors (Lipinski definition) is 0. The van der Waals surface area contributed by atoms with Crippen LogP contribution in [0.2, 0.25) is 0 Å². The van der Waals surface area contributed by atoms with E-state index in [0.29, 0.717) is 27.1 Å². The van der Waals surface area contributed by atoms with Gasteiger partial charge in [-0.25, -0.2) is 8.78 Å². The molecule has 4 rings (SSSR count). The fraction of sp³-hybridized carbons (Fsp3) is 0.0714. The highest BCUT2D eigenvalue weighted by atomic mass is 32.1. The topological polar surface area (TPSA) is 68.9 Å². The third-order valence-electron chi connectivity index (χ3n) is 3.12. The number of nitrogens with zero attached hydrogens (tertiary/aromatic N) is 6. The largest absolute Gasteiger partial charge is 0.261 e. The molecule has 9 heteroatoms. The van der Waals surface area contributed by atoms with Crippen molar-refractivity contribution < 1.29 is 8.78 Å². The Hall–Kier alpha value is -2.81. The molecular weight excluding hydrogens is 322 g/mol. The predicted octanol–water partition coefficient (Wildman–Crippen LogP) is 2.51. The van der Waals surface area contributed by atoms with Gasteiger partial charge in [-0.3, -0.25) is 9.97 Å². The van der Waals surface area contributed by atoms with E-state index in [9.17, 15) is 8.78 Å². The van der Waals surface area contributed by atoms with Crippen LogP contribution in [-0.2, 0) is 6.42 Å². The molecule has 0 saturated heterocycles. The maximum Gasteiger partial charge on any atom is 0.235 e. The van der Waals surface area contributed by atoms with Gasteiger partial charge in [-0.1, -0.05) is 11.3 Å². The molecule has 23 heavy (non-hydrogen) atoms. The van der Waals surface area contributed by atoms with Gasteiger partial charge in [-0.2, -0.15) is 9.61 Å². The Morgan fingerprint density at radius 2 is 1.87 bits per heavy atom. The summed E-state index contributed by atoms with van der Waals surface area (Å²) < 4.78 is 28.1. The zero-order chi connectivity index (χ0) is 15.8. The average Bonchev–Trinajstić information content (AvgIpc) is 3.09. The van der Waals surface area contributed by atoms with E-state index in [0.717, 1.165) is 6.07 Å². The molecule has 0 saturated carbocycles. The summed E-state index contributed by atoms with van der Waals surface area (Å²) in [5, 5.41) is 13.1. The minimum atomic E-state index is -0.626. The Labute approximate surface area is 132 Å². The zero-order valence-electron chi connectivity index (χ0n) is 11.5. The molecule has 0 amide bonds. The van der Waals surface area contributed by atoms with Crippen LogP contribution >= 0.6 is 11.3 Å². The number of halogens is 2. The van der Waals surface area contributed by atoms with Crippen LogP contribution < -0.4 is 0 Å². The van der Waals surface area contributed by atoms with Gasteiger partial charge in [0.1, 0.15) is 17.3 Å².